The van der Waals surface area contributed by atoms with E-state index in [-0.39, 0.29) is 0 Å². The molecule has 2 nitrogen and oxygen atoms in total. The van der Waals surface area contributed by atoms with Crippen LogP contribution >= 0.6 is 0 Å². The van der Waals surface area contributed by atoms with Crippen molar-refractivity contribution < 1.29 is 0 Å². The molecule has 3 atom stereocenters. The van der Waals surface area contributed by atoms with Crippen LogP contribution < -0.4 is 0 Å². The Hall–Kier alpha value is -1.64. The Balaban J connectivity index is 2.05. The molecular formula is C19H24N2. The highest BCUT2D eigenvalue weighted by Crippen LogP contribution is 2.41. The van der Waals surface area contributed by atoms with Gasteiger partial charge in [0.25, 0.3) is 0 Å². The van der Waals surface area contributed by atoms with Gasteiger partial charge in [0.05, 0.1) is 12.1 Å². The van der Waals surface area contributed by atoms with Crippen molar-refractivity contribution in [1.29, 1.82) is 0 Å². The molecule has 3 rings (SSSR count). The fourth-order valence-corrected chi connectivity index (χ4v) is 3.55. The van der Waals surface area contributed by atoms with Crippen molar-refractivity contribution in [3.05, 3.63) is 71.8 Å². The van der Waals surface area contributed by atoms with Crippen LogP contribution in [0.15, 0.2) is 60.7 Å². The molecule has 0 N–H and O–H groups in total. The van der Waals surface area contributed by atoms with Crippen LogP contribution in [-0.2, 0) is 0 Å². The number of likely N-dealkylation sites (N-methyl/N-ethyl adjacent to an activating group) is 2. The first kappa shape index (κ1) is 14.3. The van der Waals surface area contributed by atoms with Crippen molar-refractivity contribution >= 4 is 0 Å². The lowest BCUT2D eigenvalue weighted by Crippen LogP contribution is -2.52. The highest BCUT2D eigenvalue weighted by Gasteiger charge is 2.38. The number of hydrogen-bond acceptors (Lipinski definition) is 2. The van der Waals surface area contributed by atoms with E-state index >= 15 is 0 Å². The van der Waals surface area contributed by atoms with Crippen molar-refractivity contribution in [1.82, 2.24) is 9.80 Å². The molecule has 0 amide bonds. The zero-order chi connectivity index (χ0) is 14.8. The van der Waals surface area contributed by atoms with Gasteiger partial charge in [-0.05, 0) is 32.1 Å². The topological polar surface area (TPSA) is 6.48 Å². The molecule has 0 aliphatic carbocycles. The third kappa shape index (κ3) is 2.74. The van der Waals surface area contributed by atoms with E-state index in [0.29, 0.717) is 18.1 Å². The summed E-state index contributed by atoms with van der Waals surface area (Å²) in [5.74, 6) is 0. The molecule has 2 heteroatoms. The fraction of sp³-hybridized carbons (Fsp3) is 0.368. The lowest BCUT2D eigenvalue weighted by Gasteiger charge is -2.49. The first-order chi connectivity index (χ1) is 10.2. The van der Waals surface area contributed by atoms with Gasteiger partial charge < -0.3 is 0 Å². The van der Waals surface area contributed by atoms with Crippen LogP contribution in [0.1, 0.15) is 30.1 Å². The van der Waals surface area contributed by atoms with E-state index in [0.717, 1.165) is 6.54 Å². The number of piperazine rings is 1. The number of hydrogen-bond donors (Lipinski definition) is 0. The average Bonchev–Trinajstić information content (AvgIpc) is 2.52. The number of rotatable bonds is 2. The van der Waals surface area contributed by atoms with Gasteiger partial charge in [0.15, 0.2) is 0 Å². The summed E-state index contributed by atoms with van der Waals surface area (Å²) in [6, 6.07) is 23.1. The highest BCUT2D eigenvalue weighted by molar-refractivity contribution is 5.29. The summed E-state index contributed by atoms with van der Waals surface area (Å²) in [5.41, 5.74) is 2.79. The summed E-state index contributed by atoms with van der Waals surface area (Å²) in [6.07, 6.45) is 0. The molecule has 0 bridgehead atoms. The van der Waals surface area contributed by atoms with E-state index in [1.54, 1.807) is 0 Å². The van der Waals surface area contributed by atoms with Gasteiger partial charge in [-0.15, -0.1) is 0 Å². The van der Waals surface area contributed by atoms with Gasteiger partial charge >= 0.3 is 0 Å². The van der Waals surface area contributed by atoms with Crippen molar-refractivity contribution in [2.24, 2.45) is 0 Å². The first-order valence-electron chi connectivity index (χ1n) is 7.70. The van der Waals surface area contributed by atoms with Gasteiger partial charge in [-0.3, -0.25) is 9.80 Å². The van der Waals surface area contributed by atoms with E-state index in [4.69, 9.17) is 0 Å². The summed E-state index contributed by atoms with van der Waals surface area (Å²) in [7, 11) is 4.50. The molecule has 21 heavy (non-hydrogen) atoms. The maximum absolute atomic E-state index is 2.52. The second kappa shape index (κ2) is 6.00. The molecule has 1 heterocycles. The zero-order valence-electron chi connectivity index (χ0n) is 13.1. The van der Waals surface area contributed by atoms with Gasteiger partial charge in [0.1, 0.15) is 0 Å². The van der Waals surface area contributed by atoms with Crippen molar-refractivity contribution in [2.45, 2.75) is 25.0 Å². The SMILES string of the molecule is C[C@H]1CN(C)[C@H](c2ccccc2)[C@@H](c2ccccc2)N1C. The van der Waals surface area contributed by atoms with Gasteiger partial charge in [-0.2, -0.15) is 0 Å². The molecule has 0 aromatic heterocycles. The summed E-state index contributed by atoms with van der Waals surface area (Å²) in [5, 5.41) is 0. The van der Waals surface area contributed by atoms with Gasteiger partial charge in [0.2, 0.25) is 0 Å². The van der Waals surface area contributed by atoms with E-state index < -0.39 is 0 Å². The number of nitrogens with zero attached hydrogens (tertiary/aromatic N) is 2. The predicted molar refractivity (Wildman–Crippen MR) is 88.2 cm³/mol. The lowest BCUT2D eigenvalue weighted by molar-refractivity contribution is 0.0121. The second-order valence-electron chi connectivity index (χ2n) is 6.17. The van der Waals surface area contributed by atoms with E-state index in [1.165, 1.54) is 11.1 Å². The van der Waals surface area contributed by atoms with Gasteiger partial charge in [-0.25, -0.2) is 0 Å². The predicted octanol–water partition coefficient (Wildman–Crippen LogP) is 3.73. The Kier molecular flexibility index (Phi) is 4.09. The minimum atomic E-state index is 0.391. The summed E-state index contributed by atoms with van der Waals surface area (Å²) in [4.78, 5) is 5.02. The third-order valence-electron chi connectivity index (χ3n) is 4.74. The Morgan fingerprint density at radius 2 is 1.24 bits per heavy atom. The van der Waals surface area contributed by atoms with E-state index in [9.17, 15) is 0 Å². The van der Waals surface area contributed by atoms with Crippen LogP contribution in [0.3, 0.4) is 0 Å². The van der Waals surface area contributed by atoms with E-state index in [1.807, 2.05) is 0 Å². The van der Waals surface area contributed by atoms with Crippen molar-refractivity contribution in [2.75, 3.05) is 20.6 Å². The minimum Gasteiger partial charge on any atom is -0.296 e. The summed E-state index contributed by atoms with van der Waals surface area (Å²) >= 11 is 0. The van der Waals surface area contributed by atoms with Crippen LogP contribution in [0.5, 0.6) is 0 Å². The molecule has 0 saturated carbocycles. The molecule has 0 spiro atoms. The Morgan fingerprint density at radius 3 is 1.76 bits per heavy atom. The van der Waals surface area contributed by atoms with Crippen LogP contribution in [0.2, 0.25) is 0 Å². The standard InChI is InChI=1S/C19H24N2/c1-15-14-20(2)18(16-10-6-4-7-11-16)19(21(15)3)17-12-8-5-9-13-17/h4-13,15,18-19H,14H2,1-3H3/t15-,18+,19+/m0/s1. The van der Waals surface area contributed by atoms with Crippen LogP contribution in [0, 0.1) is 0 Å². The average molecular weight is 280 g/mol. The molecule has 0 radical (unpaired) electrons. The second-order valence-corrected chi connectivity index (χ2v) is 6.17. The minimum absolute atomic E-state index is 0.391. The zero-order valence-corrected chi connectivity index (χ0v) is 13.1. The molecule has 110 valence electrons. The fourth-order valence-electron chi connectivity index (χ4n) is 3.55. The maximum atomic E-state index is 2.52. The molecular weight excluding hydrogens is 256 g/mol. The molecule has 2 aromatic carbocycles. The molecule has 0 unspecified atom stereocenters. The Morgan fingerprint density at radius 1 is 0.762 bits per heavy atom. The Bertz CT molecular complexity index is 567. The normalized spacial score (nSPS) is 27.7. The smallest absolute Gasteiger partial charge is 0.0545 e. The van der Waals surface area contributed by atoms with Crippen molar-refractivity contribution in [3.63, 3.8) is 0 Å². The Labute approximate surface area is 128 Å². The quantitative estimate of drug-likeness (QED) is 0.827. The van der Waals surface area contributed by atoms with Gasteiger partial charge in [-0.1, -0.05) is 60.7 Å². The van der Waals surface area contributed by atoms with Crippen LogP contribution in [-0.4, -0.2) is 36.5 Å². The molecule has 2 aromatic rings. The van der Waals surface area contributed by atoms with Crippen LogP contribution in [0.25, 0.3) is 0 Å². The molecule has 1 aliphatic heterocycles. The lowest BCUT2D eigenvalue weighted by atomic mass is 9.88. The maximum Gasteiger partial charge on any atom is 0.0545 e. The molecule has 1 fully saturated rings. The monoisotopic (exact) mass is 280 g/mol. The highest BCUT2D eigenvalue weighted by atomic mass is 15.3. The van der Waals surface area contributed by atoms with Crippen molar-refractivity contribution in [3.8, 4) is 0 Å². The largest absolute Gasteiger partial charge is 0.296 e. The molecule has 1 aliphatic rings. The summed E-state index contributed by atoms with van der Waals surface area (Å²) < 4.78 is 0. The summed E-state index contributed by atoms with van der Waals surface area (Å²) in [6.45, 7) is 3.41. The van der Waals surface area contributed by atoms with Crippen LogP contribution in [0.4, 0.5) is 0 Å². The third-order valence-corrected chi connectivity index (χ3v) is 4.74. The van der Waals surface area contributed by atoms with Gasteiger partial charge in [0, 0.05) is 12.6 Å². The molecule has 1 saturated heterocycles. The first-order valence-corrected chi connectivity index (χ1v) is 7.70. The number of benzene rings is 2. The van der Waals surface area contributed by atoms with E-state index in [2.05, 4.69) is 91.5 Å².